The lowest BCUT2D eigenvalue weighted by atomic mass is 10.0. The topological polar surface area (TPSA) is 69.3 Å². The highest BCUT2D eigenvalue weighted by molar-refractivity contribution is 6.14. The van der Waals surface area contributed by atoms with Crippen LogP contribution in [-0.4, -0.2) is 28.2 Å². The van der Waals surface area contributed by atoms with Gasteiger partial charge in [0, 0.05) is 82.5 Å². The number of nitriles is 1. The van der Waals surface area contributed by atoms with Crippen molar-refractivity contribution in [3.63, 3.8) is 0 Å². The maximum Gasteiger partial charge on any atom is 0.160 e. The molecule has 13 aromatic carbocycles. The van der Waals surface area contributed by atoms with Gasteiger partial charge in [-0.25, -0.2) is 9.97 Å². The fourth-order valence-corrected chi connectivity index (χ4v) is 14.0. The molecule has 0 fully saturated rings. The third-order valence-electron chi connectivity index (χ3n) is 18.2. The minimum atomic E-state index is 0.593. The van der Waals surface area contributed by atoms with E-state index in [4.69, 9.17) is 9.97 Å². The normalized spacial score (nSPS) is 11.8. The number of nitrogens with zero attached hydrogens (tertiary/aromatic N) is 7. The number of benzene rings is 13. The lowest BCUT2D eigenvalue weighted by molar-refractivity contribution is 1.16. The summed E-state index contributed by atoms with van der Waals surface area (Å²) in [5.41, 5.74) is 23.2. The van der Waals surface area contributed by atoms with E-state index < -0.39 is 0 Å². The second kappa shape index (κ2) is 20.4. The van der Waals surface area contributed by atoms with E-state index in [0.717, 1.165) is 95.1 Å². The summed E-state index contributed by atoms with van der Waals surface area (Å²) in [6, 6.07) is 113. The van der Waals surface area contributed by atoms with Gasteiger partial charge >= 0.3 is 0 Å². The van der Waals surface area contributed by atoms with Gasteiger partial charge in [0.25, 0.3) is 0 Å². The molecule has 7 nitrogen and oxygen atoms in total. The second-order valence-corrected chi connectivity index (χ2v) is 23.3. The minimum Gasteiger partial charge on any atom is -0.309 e. The Morgan fingerprint density at radius 1 is 0.222 bits per heavy atom. The van der Waals surface area contributed by atoms with Gasteiger partial charge in [0.1, 0.15) is 0 Å². The van der Waals surface area contributed by atoms with Crippen LogP contribution in [0, 0.1) is 11.3 Å². The van der Waals surface area contributed by atoms with Crippen LogP contribution in [0.5, 0.6) is 0 Å². The Kier molecular flexibility index (Phi) is 11.5. The Hall–Kier alpha value is -12.4. The molecule has 0 unspecified atom stereocenters. The van der Waals surface area contributed by atoms with E-state index in [1.807, 2.05) is 24.3 Å². The lowest BCUT2D eigenvalue weighted by Crippen LogP contribution is -1.98. The molecule has 0 saturated carbocycles. The van der Waals surface area contributed by atoms with Crippen LogP contribution in [0.2, 0.25) is 0 Å². The van der Waals surface area contributed by atoms with E-state index in [9.17, 15) is 5.26 Å². The van der Waals surface area contributed by atoms with Crippen molar-refractivity contribution in [2.75, 3.05) is 0 Å². The number of fused-ring (bicyclic) bond motifs is 12. The monoisotopic (exact) mass is 1150 g/mol. The zero-order valence-corrected chi connectivity index (χ0v) is 48.6. The number of hydrogen-bond donors (Lipinski definition) is 0. The fourth-order valence-electron chi connectivity index (χ4n) is 14.0. The zero-order valence-electron chi connectivity index (χ0n) is 48.6. The summed E-state index contributed by atoms with van der Waals surface area (Å²) in [6.07, 6.45) is 0. The molecule has 90 heavy (non-hydrogen) atoms. The molecule has 0 saturated heterocycles. The molecule has 0 aliphatic carbocycles. The standard InChI is InChI=1S/C83H51N7/c84-52-53-27-29-54(30-28-53)73-51-74(55-31-39-63(40-32-55)89-75-23-11-7-19-65(75)69-43-35-59(49-81(69)89)57-37-45-79-71(47-57)67-21-9-13-25-77(67)87(79)61-15-3-1-4-16-61)86-83(85-73)56-33-41-64(42-34-56)90-76-24-12-8-20-66(76)70-44-36-60(50-82(70)90)58-38-46-80-72(48-58)68-22-10-14-26-78(68)88(80)62-17-5-2-6-18-62/h1-51H. The summed E-state index contributed by atoms with van der Waals surface area (Å²) in [5, 5.41) is 19.4. The van der Waals surface area contributed by atoms with Gasteiger partial charge in [-0.1, -0.05) is 170 Å². The predicted molar refractivity (Wildman–Crippen MR) is 371 cm³/mol. The summed E-state index contributed by atoms with van der Waals surface area (Å²) < 4.78 is 9.49. The molecular formula is C83H51N7. The summed E-state index contributed by atoms with van der Waals surface area (Å²) in [4.78, 5) is 10.6. The predicted octanol–water partition coefficient (Wildman–Crippen LogP) is 21.1. The maximum atomic E-state index is 9.75. The number of aromatic nitrogens is 6. The lowest BCUT2D eigenvalue weighted by Gasteiger charge is -2.13. The molecule has 0 radical (unpaired) electrons. The van der Waals surface area contributed by atoms with Crippen LogP contribution in [0.25, 0.3) is 166 Å². The minimum absolute atomic E-state index is 0.593. The van der Waals surface area contributed by atoms with Crippen molar-refractivity contribution in [2.45, 2.75) is 0 Å². The Labute approximate surface area is 517 Å². The molecule has 5 heterocycles. The second-order valence-electron chi connectivity index (χ2n) is 23.3. The Morgan fingerprint density at radius 3 is 0.944 bits per heavy atom. The van der Waals surface area contributed by atoms with E-state index in [-0.39, 0.29) is 0 Å². The summed E-state index contributed by atoms with van der Waals surface area (Å²) in [5.74, 6) is 0.605. The van der Waals surface area contributed by atoms with Crippen LogP contribution in [0.15, 0.2) is 309 Å². The van der Waals surface area contributed by atoms with Crippen LogP contribution in [-0.2, 0) is 0 Å². The molecule has 0 atom stereocenters. The van der Waals surface area contributed by atoms with E-state index in [0.29, 0.717) is 11.4 Å². The highest BCUT2D eigenvalue weighted by Gasteiger charge is 2.20. The van der Waals surface area contributed by atoms with Crippen molar-refractivity contribution in [1.29, 1.82) is 5.26 Å². The van der Waals surface area contributed by atoms with E-state index in [2.05, 4.69) is 309 Å². The molecule has 0 N–H and O–H groups in total. The van der Waals surface area contributed by atoms with Crippen molar-refractivity contribution in [3.8, 4) is 85.0 Å². The molecule has 0 aliphatic heterocycles. The number of rotatable bonds is 9. The molecule has 0 aliphatic rings. The van der Waals surface area contributed by atoms with Crippen molar-refractivity contribution in [2.24, 2.45) is 0 Å². The number of hydrogen-bond acceptors (Lipinski definition) is 3. The maximum absolute atomic E-state index is 9.75. The summed E-state index contributed by atoms with van der Waals surface area (Å²) in [6.45, 7) is 0. The van der Waals surface area contributed by atoms with Gasteiger partial charge in [-0.05, 0) is 162 Å². The first-order valence-corrected chi connectivity index (χ1v) is 30.4. The zero-order chi connectivity index (χ0) is 59.4. The van der Waals surface area contributed by atoms with Crippen molar-refractivity contribution < 1.29 is 0 Å². The summed E-state index contributed by atoms with van der Waals surface area (Å²) >= 11 is 0. The first-order valence-electron chi connectivity index (χ1n) is 30.4. The first kappa shape index (κ1) is 50.9. The molecule has 418 valence electrons. The van der Waals surface area contributed by atoms with Gasteiger partial charge in [-0.15, -0.1) is 0 Å². The molecule has 0 spiro atoms. The van der Waals surface area contributed by atoms with Gasteiger partial charge in [-0.2, -0.15) is 5.26 Å². The summed E-state index contributed by atoms with van der Waals surface area (Å²) in [7, 11) is 0. The van der Waals surface area contributed by atoms with Crippen LogP contribution < -0.4 is 0 Å². The van der Waals surface area contributed by atoms with E-state index in [1.54, 1.807) is 0 Å². The van der Waals surface area contributed by atoms with Gasteiger partial charge in [0.15, 0.2) is 5.82 Å². The van der Waals surface area contributed by atoms with Crippen molar-refractivity contribution in [3.05, 3.63) is 315 Å². The molecule has 0 amide bonds. The Balaban J connectivity index is 0.714. The quantitative estimate of drug-likeness (QED) is 0.145. The molecule has 5 aromatic heterocycles. The van der Waals surface area contributed by atoms with Crippen LogP contribution in [0.3, 0.4) is 0 Å². The van der Waals surface area contributed by atoms with Crippen LogP contribution in [0.1, 0.15) is 5.56 Å². The Bertz CT molecular complexity index is 5600. The molecular weight excluding hydrogens is 1090 g/mol. The average molecular weight is 1150 g/mol. The average Bonchev–Trinajstić information content (AvgIpc) is 2.09. The van der Waals surface area contributed by atoms with Gasteiger partial charge in [0.2, 0.25) is 0 Å². The van der Waals surface area contributed by atoms with Crippen LogP contribution >= 0.6 is 0 Å². The van der Waals surface area contributed by atoms with Crippen molar-refractivity contribution >= 4 is 87.2 Å². The van der Waals surface area contributed by atoms with E-state index >= 15 is 0 Å². The molecule has 18 aromatic rings. The smallest absolute Gasteiger partial charge is 0.160 e. The Morgan fingerprint density at radius 2 is 0.522 bits per heavy atom. The molecule has 7 heteroatoms. The molecule has 0 bridgehead atoms. The van der Waals surface area contributed by atoms with Gasteiger partial charge < -0.3 is 18.3 Å². The first-order chi connectivity index (χ1) is 44.6. The molecule has 18 rings (SSSR count). The van der Waals surface area contributed by atoms with Gasteiger partial charge in [-0.3, -0.25) is 0 Å². The van der Waals surface area contributed by atoms with Crippen LogP contribution in [0.4, 0.5) is 0 Å². The fraction of sp³-hybridized carbons (Fsp3) is 0. The third-order valence-corrected chi connectivity index (χ3v) is 18.2. The highest BCUT2D eigenvalue weighted by atomic mass is 15.0. The SMILES string of the molecule is N#Cc1ccc(-c2cc(-c3ccc(-n4c5ccccc5c5ccc(-c6ccc7c(c6)c6ccccc6n7-c6ccccc6)cc54)cc3)nc(-c3ccc(-n4c5ccccc5c5ccc(-c6ccc7c(c6)c6ccccc6n7-c6ccccc6)cc54)cc3)n2)cc1. The highest BCUT2D eigenvalue weighted by Crippen LogP contribution is 2.42. The number of para-hydroxylation sites is 6. The van der Waals surface area contributed by atoms with E-state index in [1.165, 1.54) is 65.2 Å². The van der Waals surface area contributed by atoms with Gasteiger partial charge in [0.05, 0.1) is 67.2 Å². The third kappa shape index (κ3) is 8.13. The largest absolute Gasteiger partial charge is 0.309 e. The van der Waals surface area contributed by atoms with Crippen molar-refractivity contribution in [1.82, 2.24) is 28.2 Å².